The van der Waals surface area contributed by atoms with E-state index < -0.39 is 0 Å². The van der Waals surface area contributed by atoms with Crippen molar-refractivity contribution in [1.82, 2.24) is 19.7 Å². The Bertz CT molecular complexity index is 1110. The van der Waals surface area contributed by atoms with E-state index in [9.17, 15) is 4.79 Å². The molecule has 0 saturated heterocycles. The molecule has 0 N–H and O–H groups in total. The SMILES string of the molecule is COc1ccc(-c2noc(-c3cc4ccccc4c(=O)n3C)n2)cn1. The maximum atomic E-state index is 12.5. The zero-order valence-electron chi connectivity index (χ0n) is 13.6. The molecule has 124 valence electrons. The zero-order valence-corrected chi connectivity index (χ0v) is 13.6. The van der Waals surface area contributed by atoms with Gasteiger partial charge in [-0.3, -0.25) is 4.79 Å². The molecule has 3 heterocycles. The normalized spacial score (nSPS) is 11.0. The van der Waals surface area contributed by atoms with Gasteiger partial charge in [0.05, 0.1) is 7.11 Å². The fourth-order valence-corrected chi connectivity index (χ4v) is 2.64. The molecule has 3 aromatic heterocycles. The van der Waals surface area contributed by atoms with E-state index in [1.165, 1.54) is 4.57 Å². The highest BCUT2D eigenvalue weighted by molar-refractivity contribution is 5.84. The molecule has 0 radical (unpaired) electrons. The van der Waals surface area contributed by atoms with Gasteiger partial charge in [-0.2, -0.15) is 4.98 Å². The van der Waals surface area contributed by atoms with E-state index in [-0.39, 0.29) is 11.4 Å². The van der Waals surface area contributed by atoms with E-state index in [1.807, 2.05) is 24.3 Å². The molecule has 0 atom stereocenters. The second kappa shape index (κ2) is 5.86. The van der Waals surface area contributed by atoms with Crippen molar-refractivity contribution in [2.45, 2.75) is 0 Å². The molecule has 0 amide bonds. The molecule has 25 heavy (non-hydrogen) atoms. The quantitative estimate of drug-likeness (QED) is 0.573. The minimum atomic E-state index is -0.112. The van der Waals surface area contributed by atoms with Crippen LogP contribution in [0.2, 0.25) is 0 Å². The Morgan fingerprint density at radius 2 is 2.00 bits per heavy atom. The number of rotatable bonds is 3. The van der Waals surface area contributed by atoms with Gasteiger partial charge in [-0.15, -0.1) is 0 Å². The van der Waals surface area contributed by atoms with Crippen molar-refractivity contribution in [3.05, 3.63) is 59.0 Å². The largest absolute Gasteiger partial charge is 0.481 e. The van der Waals surface area contributed by atoms with E-state index in [2.05, 4.69) is 15.1 Å². The molecule has 0 fully saturated rings. The summed E-state index contributed by atoms with van der Waals surface area (Å²) >= 11 is 0. The number of benzene rings is 1. The number of methoxy groups -OCH3 is 1. The summed E-state index contributed by atoms with van der Waals surface area (Å²) in [4.78, 5) is 21.0. The fraction of sp³-hybridized carbons (Fsp3) is 0.111. The summed E-state index contributed by atoms with van der Waals surface area (Å²) < 4.78 is 11.9. The van der Waals surface area contributed by atoms with Crippen LogP contribution < -0.4 is 10.3 Å². The lowest BCUT2D eigenvalue weighted by molar-refractivity contribution is 0.398. The summed E-state index contributed by atoms with van der Waals surface area (Å²) in [6.07, 6.45) is 1.60. The van der Waals surface area contributed by atoms with Crippen LogP contribution in [0.3, 0.4) is 0 Å². The van der Waals surface area contributed by atoms with Crippen LogP contribution in [-0.2, 0) is 7.05 Å². The van der Waals surface area contributed by atoms with Crippen molar-refractivity contribution in [1.29, 1.82) is 0 Å². The van der Waals surface area contributed by atoms with Gasteiger partial charge in [-0.25, -0.2) is 4.98 Å². The van der Waals surface area contributed by atoms with Gasteiger partial charge in [0.1, 0.15) is 5.69 Å². The van der Waals surface area contributed by atoms with Crippen LogP contribution in [0.1, 0.15) is 0 Å². The molecule has 7 heteroatoms. The topological polar surface area (TPSA) is 83.0 Å². The van der Waals surface area contributed by atoms with Crippen molar-refractivity contribution >= 4 is 10.8 Å². The average molecular weight is 334 g/mol. The monoisotopic (exact) mass is 334 g/mol. The lowest BCUT2D eigenvalue weighted by Gasteiger charge is -2.06. The second-order valence-electron chi connectivity index (χ2n) is 5.49. The fourth-order valence-electron chi connectivity index (χ4n) is 2.64. The third kappa shape index (κ3) is 2.55. The van der Waals surface area contributed by atoms with E-state index in [1.54, 1.807) is 38.6 Å². The second-order valence-corrected chi connectivity index (χ2v) is 5.49. The Morgan fingerprint density at radius 1 is 1.16 bits per heavy atom. The van der Waals surface area contributed by atoms with Gasteiger partial charge in [0.15, 0.2) is 0 Å². The minimum absolute atomic E-state index is 0.112. The van der Waals surface area contributed by atoms with Crippen LogP contribution in [0, 0.1) is 0 Å². The first-order valence-electron chi connectivity index (χ1n) is 7.60. The number of aromatic nitrogens is 4. The predicted molar refractivity (Wildman–Crippen MR) is 92.3 cm³/mol. The maximum Gasteiger partial charge on any atom is 0.274 e. The molecule has 0 spiro atoms. The first-order chi connectivity index (χ1) is 12.2. The molecular weight excluding hydrogens is 320 g/mol. The smallest absolute Gasteiger partial charge is 0.274 e. The number of fused-ring (bicyclic) bond motifs is 1. The lowest BCUT2D eigenvalue weighted by Crippen LogP contribution is -2.18. The summed E-state index contributed by atoms with van der Waals surface area (Å²) in [7, 11) is 3.23. The number of hydrogen-bond acceptors (Lipinski definition) is 6. The first kappa shape index (κ1) is 15.1. The molecule has 0 aliphatic rings. The highest BCUT2D eigenvalue weighted by Gasteiger charge is 2.15. The Hall–Kier alpha value is -3.48. The summed E-state index contributed by atoms with van der Waals surface area (Å²) in [5, 5.41) is 5.46. The number of pyridine rings is 2. The van der Waals surface area contributed by atoms with Gasteiger partial charge in [-0.05, 0) is 23.6 Å². The van der Waals surface area contributed by atoms with E-state index >= 15 is 0 Å². The number of nitrogens with zero attached hydrogens (tertiary/aromatic N) is 4. The van der Waals surface area contributed by atoms with Gasteiger partial charge >= 0.3 is 0 Å². The van der Waals surface area contributed by atoms with Gasteiger partial charge in [0.25, 0.3) is 11.4 Å². The number of hydrogen-bond donors (Lipinski definition) is 0. The van der Waals surface area contributed by atoms with E-state index in [0.29, 0.717) is 28.3 Å². The molecule has 4 rings (SSSR count). The molecular formula is C18H14N4O3. The summed E-state index contributed by atoms with van der Waals surface area (Å²) in [5.41, 5.74) is 1.14. The summed E-state index contributed by atoms with van der Waals surface area (Å²) in [6.45, 7) is 0. The zero-order chi connectivity index (χ0) is 17.4. The number of ether oxygens (including phenoxy) is 1. The average Bonchev–Trinajstić information content (AvgIpc) is 3.14. The highest BCUT2D eigenvalue weighted by atomic mass is 16.5. The third-order valence-electron chi connectivity index (χ3n) is 4.00. The van der Waals surface area contributed by atoms with Crippen molar-refractivity contribution in [3.63, 3.8) is 0 Å². The minimum Gasteiger partial charge on any atom is -0.481 e. The van der Waals surface area contributed by atoms with Gasteiger partial charge in [-0.1, -0.05) is 23.4 Å². The first-order valence-corrected chi connectivity index (χ1v) is 7.60. The summed E-state index contributed by atoms with van der Waals surface area (Å²) in [5.74, 6) is 1.17. The molecule has 0 aliphatic carbocycles. The van der Waals surface area contributed by atoms with Crippen LogP contribution in [0.25, 0.3) is 33.7 Å². The van der Waals surface area contributed by atoms with Crippen LogP contribution >= 0.6 is 0 Å². The molecule has 1 aromatic carbocycles. The molecule has 0 unspecified atom stereocenters. The maximum absolute atomic E-state index is 12.5. The third-order valence-corrected chi connectivity index (χ3v) is 4.00. The molecule has 4 aromatic rings. The lowest BCUT2D eigenvalue weighted by atomic mass is 10.1. The molecule has 0 bridgehead atoms. The molecule has 0 saturated carbocycles. The van der Waals surface area contributed by atoms with Crippen LogP contribution in [0.15, 0.2) is 58.0 Å². The van der Waals surface area contributed by atoms with Gasteiger partial charge in [0.2, 0.25) is 11.7 Å². The molecule has 7 nitrogen and oxygen atoms in total. The molecule has 0 aliphatic heterocycles. The van der Waals surface area contributed by atoms with Crippen molar-refractivity contribution < 1.29 is 9.26 Å². The van der Waals surface area contributed by atoms with E-state index in [4.69, 9.17) is 9.26 Å². The summed E-state index contributed by atoms with van der Waals surface area (Å²) in [6, 6.07) is 12.8. The van der Waals surface area contributed by atoms with Gasteiger partial charge < -0.3 is 13.8 Å². The van der Waals surface area contributed by atoms with Crippen LogP contribution in [0.5, 0.6) is 5.88 Å². The highest BCUT2D eigenvalue weighted by Crippen LogP contribution is 2.24. The van der Waals surface area contributed by atoms with Crippen molar-refractivity contribution in [3.8, 4) is 28.9 Å². The Morgan fingerprint density at radius 3 is 2.76 bits per heavy atom. The Kier molecular flexibility index (Phi) is 3.53. The standard InChI is InChI=1S/C18H14N4O3/c1-22-14(9-11-5-3-4-6-13(11)18(22)23)17-20-16(21-25-17)12-7-8-15(24-2)19-10-12/h3-10H,1-2H3. The van der Waals surface area contributed by atoms with Gasteiger partial charge in [0, 0.05) is 30.3 Å². The van der Waals surface area contributed by atoms with Crippen LogP contribution in [-0.4, -0.2) is 26.8 Å². The van der Waals surface area contributed by atoms with Crippen molar-refractivity contribution in [2.24, 2.45) is 7.05 Å². The van der Waals surface area contributed by atoms with Crippen molar-refractivity contribution in [2.75, 3.05) is 7.11 Å². The van der Waals surface area contributed by atoms with E-state index in [0.717, 1.165) is 5.39 Å². The Labute approximate surface area is 142 Å². The van der Waals surface area contributed by atoms with Crippen LogP contribution in [0.4, 0.5) is 0 Å². The Balaban J connectivity index is 1.81. The predicted octanol–water partition coefficient (Wildman–Crippen LogP) is 2.66.